The van der Waals surface area contributed by atoms with E-state index in [4.69, 9.17) is 16.3 Å². The Morgan fingerprint density at radius 3 is 2.38 bits per heavy atom. The maximum atomic E-state index is 13.2. The van der Waals surface area contributed by atoms with Gasteiger partial charge in [0.15, 0.2) is 5.82 Å². The van der Waals surface area contributed by atoms with Crippen LogP contribution in [-0.2, 0) is 19.6 Å². The van der Waals surface area contributed by atoms with Crippen LogP contribution >= 0.6 is 11.6 Å². The number of benzene rings is 3. The molecule has 3 fully saturated rings. The molecule has 4 amide bonds. The number of aromatic nitrogens is 2. The van der Waals surface area contributed by atoms with Crippen LogP contribution in [0.4, 0.5) is 34.5 Å². The molecule has 19 heteroatoms. The second kappa shape index (κ2) is 18.2. The van der Waals surface area contributed by atoms with Gasteiger partial charge in [-0.2, -0.15) is 4.98 Å². The number of para-hydroxylation sites is 2. The summed E-state index contributed by atoms with van der Waals surface area (Å²) in [5, 5.41) is 8.86. The standard InChI is InChI=1S/C44H47ClN10O7S/c1-51(63(3,60)61)36-9-5-4-8-34(36)47-40-33(45)27-46-44(50-40)48-35-13-11-30(26-38(35)62-2)53-19-16-29(17-20-53)54-23-21-52(22-24-54)18-6-7-28-10-12-31-32(25-28)43(59)55(42(31)58)37-14-15-39(56)49-41(37)57/h4-5,8-13,25-27,29,37H,14-24H2,1-3H3,(H,49,56,57)(H2,46,47,48,50). The second-order valence-electron chi connectivity index (χ2n) is 15.8. The van der Waals surface area contributed by atoms with Gasteiger partial charge in [-0.3, -0.25) is 43.5 Å². The highest BCUT2D eigenvalue weighted by atomic mass is 35.5. The number of hydrogen-bond acceptors (Lipinski definition) is 14. The summed E-state index contributed by atoms with van der Waals surface area (Å²) >= 11 is 6.47. The van der Waals surface area contributed by atoms with Gasteiger partial charge in [-0.15, -0.1) is 0 Å². The second-order valence-corrected chi connectivity index (χ2v) is 18.2. The minimum absolute atomic E-state index is 0.0708. The van der Waals surface area contributed by atoms with Gasteiger partial charge in [0, 0.05) is 76.1 Å². The summed E-state index contributed by atoms with van der Waals surface area (Å²) in [6, 6.07) is 17.3. The lowest BCUT2D eigenvalue weighted by atomic mass is 10.0. The summed E-state index contributed by atoms with van der Waals surface area (Å²) in [6.45, 7) is 6.05. The first-order valence-electron chi connectivity index (χ1n) is 20.6. The number of ether oxygens (including phenoxy) is 1. The Bertz CT molecular complexity index is 2640. The third-order valence-electron chi connectivity index (χ3n) is 11.9. The predicted octanol–water partition coefficient (Wildman–Crippen LogP) is 4.06. The molecule has 3 N–H and O–H groups in total. The molecular weight excluding hydrogens is 848 g/mol. The first-order chi connectivity index (χ1) is 30.3. The molecule has 1 aromatic heterocycles. The van der Waals surface area contributed by atoms with Crippen molar-refractivity contribution in [3.8, 4) is 17.6 Å². The fourth-order valence-corrected chi connectivity index (χ4v) is 9.01. The molecule has 8 rings (SSSR count). The van der Waals surface area contributed by atoms with Crippen molar-refractivity contribution in [2.45, 2.75) is 37.8 Å². The number of methoxy groups -OCH3 is 1. The first-order valence-corrected chi connectivity index (χ1v) is 22.8. The van der Waals surface area contributed by atoms with Crippen molar-refractivity contribution in [1.29, 1.82) is 0 Å². The van der Waals surface area contributed by atoms with Crippen LogP contribution in [0.5, 0.6) is 5.75 Å². The summed E-state index contributed by atoms with van der Waals surface area (Å²) in [5.41, 5.74) is 3.74. The zero-order valence-electron chi connectivity index (χ0n) is 35.1. The van der Waals surface area contributed by atoms with Gasteiger partial charge in [-0.1, -0.05) is 35.6 Å². The molecule has 0 radical (unpaired) electrons. The van der Waals surface area contributed by atoms with Crippen molar-refractivity contribution in [3.63, 3.8) is 0 Å². The van der Waals surface area contributed by atoms with E-state index in [-0.39, 0.29) is 34.9 Å². The maximum Gasteiger partial charge on any atom is 0.262 e. The number of anilines is 6. The molecule has 3 aromatic carbocycles. The Hall–Kier alpha value is -6.26. The average molecular weight is 895 g/mol. The molecule has 4 aliphatic heterocycles. The van der Waals surface area contributed by atoms with Gasteiger partial charge >= 0.3 is 0 Å². The largest absolute Gasteiger partial charge is 0.494 e. The molecule has 0 saturated carbocycles. The number of nitrogens with zero attached hydrogens (tertiary/aromatic N) is 7. The number of piperazine rings is 1. The highest BCUT2D eigenvalue weighted by molar-refractivity contribution is 7.92. The van der Waals surface area contributed by atoms with Crippen LogP contribution in [0, 0.1) is 11.8 Å². The van der Waals surface area contributed by atoms with Crippen LogP contribution in [0.1, 0.15) is 52.0 Å². The quantitative estimate of drug-likeness (QED) is 0.144. The number of amides is 4. The van der Waals surface area contributed by atoms with E-state index in [1.165, 1.54) is 17.5 Å². The minimum atomic E-state index is -3.51. The van der Waals surface area contributed by atoms with Crippen LogP contribution in [0.25, 0.3) is 0 Å². The number of rotatable bonds is 11. The molecule has 328 valence electrons. The van der Waals surface area contributed by atoms with E-state index in [2.05, 4.69) is 52.5 Å². The molecule has 0 bridgehead atoms. The lowest BCUT2D eigenvalue weighted by Gasteiger charge is -2.43. The van der Waals surface area contributed by atoms with E-state index in [9.17, 15) is 27.6 Å². The molecular formula is C44H47ClN10O7S. The van der Waals surface area contributed by atoms with Gasteiger partial charge in [0.25, 0.3) is 11.8 Å². The Labute approximate surface area is 370 Å². The molecule has 4 aromatic rings. The zero-order valence-corrected chi connectivity index (χ0v) is 36.6. The van der Waals surface area contributed by atoms with Crippen LogP contribution in [0.3, 0.4) is 0 Å². The van der Waals surface area contributed by atoms with E-state index in [1.807, 2.05) is 18.2 Å². The molecule has 5 heterocycles. The Morgan fingerprint density at radius 1 is 0.905 bits per heavy atom. The molecule has 0 spiro atoms. The lowest BCUT2D eigenvalue weighted by Crippen LogP contribution is -2.54. The molecule has 1 unspecified atom stereocenters. The van der Waals surface area contributed by atoms with Gasteiger partial charge in [0.1, 0.15) is 16.8 Å². The summed E-state index contributed by atoms with van der Waals surface area (Å²) in [7, 11) is -0.415. The van der Waals surface area contributed by atoms with Crippen LogP contribution < -0.4 is 29.9 Å². The third-order valence-corrected chi connectivity index (χ3v) is 13.4. The van der Waals surface area contributed by atoms with Crippen LogP contribution in [0.15, 0.2) is 66.9 Å². The van der Waals surface area contributed by atoms with Crippen molar-refractivity contribution in [1.82, 2.24) is 30.0 Å². The predicted molar refractivity (Wildman–Crippen MR) is 240 cm³/mol. The molecule has 63 heavy (non-hydrogen) atoms. The number of carbonyl (C=O) groups excluding carboxylic acids is 4. The number of nitrogens with one attached hydrogen (secondary N) is 3. The normalized spacial score (nSPS) is 18.7. The number of halogens is 1. The molecule has 4 aliphatic rings. The zero-order chi connectivity index (χ0) is 44.4. The molecule has 0 aliphatic carbocycles. The van der Waals surface area contributed by atoms with E-state index in [0.29, 0.717) is 46.8 Å². The molecule has 17 nitrogen and oxygen atoms in total. The van der Waals surface area contributed by atoms with E-state index >= 15 is 0 Å². The lowest BCUT2D eigenvalue weighted by molar-refractivity contribution is -0.136. The number of imide groups is 2. The Kier molecular flexibility index (Phi) is 12.6. The minimum Gasteiger partial charge on any atom is -0.494 e. The molecule has 3 saturated heterocycles. The SMILES string of the molecule is COc1cc(N2CCC(N3CCN(CC#Cc4ccc5c(c4)C(=O)N(C4CCC(=O)NC4=O)C5=O)CC3)CC2)ccc1Nc1ncc(Cl)c(Nc2ccccc2N(C)S(C)(=O)=O)n1. The maximum absolute atomic E-state index is 13.2. The highest BCUT2D eigenvalue weighted by Crippen LogP contribution is 2.36. The molecule has 1 atom stereocenters. The van der Waals surface area contributed by atoms with E-state index in [1.54, 1.807) is 49.6 Å². The third kappa shape index (κ3) is 9.42. The first kappa shape index (κ1) is 43.4. The fraction of sp³-hybridized carbons (Fsp3) is 0.364. The van der Waals surface area contributed by atoms with Gasteiger partial charge in [0.05, 0.1) is 54.3 Å². The van der Waals surface area contributed by atoms with Gasteiger partial charge in [-0.25, -0.2) is 13.4 Å². The monoisotopic (exact) mass is 894 g/mol. The smallest absolute Gasteiger partial charge is 0.262 e. The van der Waals surface area contributed by atoms with Crippen molar-refractivity contribution in [2.75, 3.05) is 86.1 Å². The van der Waals surface area contributed by atoms with Gasteiger partial charge in [-0.05, 0) is 61.7 Å². The van der Waals surface area contributed by atoms with E-state index < -0.39 is 39.7 Å². The summed E-state index contributed by atoms with van der Waals surface area (Å²) in [5.74, 6) is 5.45. The van der Waals surface area contributed by atoms with Crippen LogP contribution in [-0.4, -0.2) is 135 Å². The fourth-order valence-electron chi connectivity index (χ4n) is 8.35. The number of carbonyl (C=O) groups is 4. The number of fused-ring (bicyclic) bond motifs is 1. The Balaban J connectivity index is 0.817. The van der Waals surface area contributed by atoms with Gasteiger partial charge < -0.3 is 20.3 Å². The van der Waals surface area contributed by atoms with Crippen molar-refractivity contribution in [3.05, 3.63) is 88.6 Å². The van der Waals surface area contributed by atoms with Crippen molar-refractivity contribution < 1.29 is 32.3 Å². The summed E-state index contributed by atoms with van der Waals surface area (Å²) < 4.78 is 31.5. The summed E-state index contributed by atoms with van der Waals surface area (Å²) in [6.07, 6.45) is 4.84. The Morgan fingerprint density at radius 2 is 1.65 bits per heavy atom. The average Bonchev–Trinajstić information content (AvgIpc) is 3.52. The number of piperidine rings is 2. The highest BCUT2D eigenvalue weighted by Gasteiger charge is 2.44. The van der Waals surface area contributed by atoms with Crippen molar-refractivity contribution >= 4 is 79.8 Å². The number of hydrogen-bond donors (Lipinski definition) is 3. The van der Waals surface area contributed by atoms with E-state index in [0.717, 1.165) is 69.0 Å². The van der Waals surface area contributed by atoms with Crippen LogP contribution in [0.2, 0.25) is 5.02 Å². The van der Waals surface area contributed by atoms with Gasteiger partial charge in [0.2, 0.25) is 27.8 Å². The van der Waals surface area contributed by atoms with Crippen molar-refractivity contribution in [2.24, 2.45) is 0 Å². The topological polar surface area (TPSA) is 190 Å². The summed E-state index contributed by atoms with van der Waals surface area (Å²) in [4.78, 5) is 67.4. The number of sulfonamides is 1.